The third kappa shape index (κ3) is 4.01. The molecule has 2 heterocycles. The van der Waals surface area contributed by atoms with E-state index in [9.17, 15) is 4.79 Å². The topological polar surface area (TPSA) is 101 Å². The first-order valence-corrected chi connectivity index (χ1v) is 12.4. The Kier molecular flexibility index (Phi) is 6.06. The second kappa shape index (κ2) is 9.58. The molecule has 6 rings (SSSR count). The Morgan fingerprint density at radius 2 is 1.67 bits per heavy atom. The summed E-state index contributed by atoms with van der Waals surface area (Å²) < 4.78 is 33.7. The molecule has 0 fully saturated rings. The number of fused-ring (bicyclic) bond motifs is 3. The van der Waals surface area contributed by atoms with Gasteiger partial charge in [0.05, 0.1) is 45.4 Å². The van der Waals surface area contributed by atoms with Crippen LogP contribution in [0.25, 0.3) is 22.7 Å². The highest BCUT2D eigenvalue weighted by Crippen LogP contribution is 2.52. The van der Waals surface area contributed by atoms with E-state index in [1.165, 1.54) is 7.11 Å². The number of carbonyl (C=O) groups is 1. The van der Waals surface area contributed by atoms with E-state index < -0.39 is 17.8 Å². The summed E-state index contributed by atoms with van der Waals surface area (Å²) in [5.74, 6) is 1.63. The Bertz CT molecular complexity index is 1610. The van der Waals surface area contributed by atoms with E-state index in [-0.39, 0.29) is 6.79 Å². The number of hydrogen-bond donors (Lipinski definition) is 1. The molecule has 1 aliphatic heterocycles. The van der Waals surface area contributed by atoms with Crippen LogP contribution in [0.3, 0.4) is 0 Å². The first-order chi connectivity index (χ1) is 18.9. The molecule has 0 saturated heterocycles. The number of carbonyl (C=O) groups excluding carboxylic acids is 1. The van der Waals surface area contributed by atoms with Crippen LogP contribution in [0.2, 0.25) is 0 Å². The summed E-state index contributed by atoms with van der Waals surface area (Å²) in [6.45, 7) is 2.16. The highest BCUT2D eigenvalue weighted by molar-refractivity contribution is 5.99. The number of hydrogen-bond acceptors (Lipinski definition) is 8. The van der Waals surface area contributed by atoms with E-state index in [0.717, 1.165) is 33.3 Å². The van der Waals surface area contributed by atoms with Crippen LogP contribution in [0.4, 0.5) is 0 Å². The number of ether oxygens (including phenoxy) is 6. The van der Waals surface area contributed by atoms with Gasteiger partial charge in [0.15, 0.2) is 23.0 Å². The van der Waals surface area contributed by atoms with Crippen LogP contribution in [-0.4, -0.2) is 51.2 Å². The van der Waals surface area contributed by atoms with Crippen molar-refractivity contribution in [1.29, 1.82) is 0 Å². The lowest BCUT2D eigenvalue weighted by Crippen LogP contribution is -2.29. The van der Waals surface area contributed by atoms with Crippen LogP contribution in [0, 0.1) is 12.8 Å². The smallest absolute Gasteiger partial charge is 0.314 e. The van der Waals surface area contributed by atoms with Gasteiger partial charge in [-0.05, 0) is 71.7 Å². The molecule has 3 aromatic carbocycles. The fourth-order valence-corrected chi connectivity index (χ4v) is 5.50. The maximum Gasteiger partial charge on any atom is 0.314 e. The molecule has 9 heteroatoms. The third-order valence-electron chi connectivity index (χ3n) is 7.30. The molecule has 0 amide bonds. The lowest BCUT2D eigenvalue weighted by atomic mass is 9.71. The Hall–Kier alpha value is -4.66. The van der Waals surface area contributed by atoms with Crippen molar-refractivity contribution in [3.8, 4) is 28.7 Å². The van der Waals surface area contributed by atoms with E-state index in [0.29, 0.717) is 40.1 Å². The van der Waals surface area contributed by atoms with Gasteiger partial charge in [-0.15, -0.1) is 0 Å². The van der Waals surface area contributed by atoms with Crippen molar-refractivity contribution < 1.29 is 33.2 Å². The summed E-state index contributed by atoms with van der Waals surface area (Å²) in [5.41, 5.74) is 6.02. The zero-order chi connectivity index (χ0) is 27.3. The summed E-state index contributed by atoms with van der Waals surface area (Å²) in [7, 11) is 6.07. The van der Waals surface area contributed by atoms with E-state index in [4.69, 9.17) is 33.4 Å². The summed E-state index contributed by atoms with van der Waals surface area (Å²) in [5, 5.41) is 0. The van der Waals surface area contributed by atoms with Gasteiger partial charge in [-0.25, -0.2) is 4.98 Å². The standard InChI is InChI=1S/C30H28N2O7/c1-15-6-7-20-21(8-15)32-29(31-20)19-9-16-10-22-23(39-14-38-22)13-18(16)26(27(19)30(33)37-5)17-11-24(34-2)28(36-4)25(12-17)35-3/h6-13,26-27H,14H2,1-5H3,(H,31,32)/t26-,27+/m1/s1. The van der Waals surface area contributed by atoms with Crippen LogP contribution >= 0.6 is 0 Å². The van der Waals surface area contributed by atoms with Gasteiger partial charge in [-0.2, -0.15) is 0 Å². The van der Waals surface area contributed by atoms with Crippen LogP contribution in [0.15, 0.2) is 42.5 Å². The van der Waals surface area contributed by atoms with Crippen molar-refractivity contribution in [2.24, 2.45) is 5.92 Å². The molecule has 1 aromatic heterocycles. The van der Waals surface area contributed by atoms with Crippen LogP contribution in [0.1, 0.15) is 34.0 Å². The van der Waals surface area contributed by atoms with E-state index in [2.05, 4.69) is 4.98 Å². The average Bonchev–Trinajstić information content (AvgIpc) is 3.59. The minimum absolute atomic E-state index is 0.132. The van der Waals surface area contributed by atoms with E-state index >= 15 is 0 Å². The summed E-state index contributed by atoms with van der Waals surface area (Å²) >= 11 is 0. The fraction of sp³-hybridized carbons (Fsp3) is 0.267. The third-order valence-corrected chi connectivity index (χ3v) is 7.30. The molecule has 0 bridgehead atoms. The predicted molar refractivity (Wildman–Crippen MR) is 145 cm³/mol. The quantitative estimate of drug-likeness (QED) is 0.345. The van der Waals surface area contributed by atoms with Crippen LogP contribution in [0.5, 0.6) is 28.7 Å². The number of esters is 1. The number of methoxy groups -OCH3 is 4. The molecule has 0 radical (unpaired) electrons. The number of imidazole rings is 1. The minimum Gasteiger partial charge on any atom is -0.493 e. The number of nitrogens with one attached hydrogen (secondary N) is 1. The first-order valence-electron chi connectivity index (χ1n) is 12.4. The molecule has 0 unspecified atom stereocenters. The van der Waals surface area contributed by atoms with Gasteiger partial charge in [-0.3, -0.25) is 4.79 Å². The Balaban J connectivity index is 1.63. The van der Waals surface area contributed by atoms with Crippen molar-refractivity contribution in [3.05, 3.63) is 70.5 Å². The van der Waals surface area contributed by atoms with Gasteiger partial charge in [-0.1, -0.05) is 6.07 Å². The zero-order valence-electron chi connectivity index (χ0n) is 22.3. The Morgan fingerprint density at radius 3 is 2.33 bits per heavy atom. The highest BCUT2D eigenvalue weighted by Gasteiger charge is 2.42. The predicted octanol–water partition coefficient (Wildman–Crippen LogP) is 5.10. The number of H-pyrrole nitrogens is 1. The summed E-state index contributed by atoms with van der Waals surface area (Å²) in [6, 6.07) is 13.6. The monoisotopic (exact) mass is 528 g/mol. The normalized spacial score (nSPS) is 17.4. The van der Waals surface area contributed by atoms with Gasteiger partial charge < -0.3 is 33.4 Å². The number of aromatic nitrogens is 2. The summed E-state index contributed by atoms with van der Waals surface area (Å²) in [4.78, 5) is 21.9. The van der Waals surface area contributed by atoms with Crippen molar-refractivity contribution >= 4 is 28.7 Å². The number of rotatable bonds is 6. The van der Waals surface area contributed by atoms with Gasteiger partial charge in [0.2, 0.25) is 12.5 Å². The van der Waals surface area contributed by atoms with Crippen molar-refractivity contribution in [3.63, 3.8) is 0 Å². The fourth-order valence-electron chi connectivity index (χ4n) is 5.50. The van der Waals surface area contributed by atoms with E-state index in [1.807, 2.05) is 55.5 Å². The van der Waals surface area contributed by atoms with Crippen molar-refractivity contribution in [1.82, 2.24) is 9.97 Å². The average molecular weight is 529 g/mol. The highest BCUT2D eigenvalue weighted by atomic mass is 16.7. The molecule has 2 aliphatic rings. The molecular weight excluding hydrogens is 500 g/mol. The van der Waals surface area contributed by atoms with Crippen LogP contribution in [-0.2, 0) is 9.53 Å². The first kappa shape index (κ1) is 24.7. The minimum atomic E-state index is -0.743. The maximum absolute atomic E-state index is 13.6. The zero-order valence-corrected chi connectivity index (χ0v) is 22.3. The number of nitrogens with zero attached hydrogens (tertiary/aromatic N) is 1. The largest absolute Gasteiger partial charge is 0.493 e. The van der Waals surface area contributed by atoms with Crippen molar-refractivity contribution in [2.75, 3.05) is 35.2 Å². The molecule has 1 N–H and O–H groups in total. The molecule has 200 valence electrons. The molecule has 0 spiro atoms. The molecule has 1 aliphatic carbocycles. The molecule has 4 aromatic rings. The van der Waals surface area contributed by atoms with Gasteiger partial charge in [0.25, 0.3) is 0 Å². The van der Waals surface area contributed by atoms with Gasteiger partial charge in [0, 0.05) is 11.5 Å². The van der Waals surface area contributed by atoms with Crippen LogP contribution < -0.4 is 23.7 Å². The second-order valence-electron chi connectivity index (χ2n) is 9.48. The molecule has 0 saturated carbocycles. The lowest BCUT2D eigenvalue weighted by molar-refractivity contribution is -0.143. The van der Waals surface area contributed by atoms with Gasteiger partial charge >= 0.3 is 5.97 Å². The molecule has 39 heavy (non-hydrogen) atoms. The number of aryl methyl sites for hydroxylation is 1. The number of benzene rings is 3. The molecular formula is C30H28N2O7. The summed E-state index contributed by atoms with van der Waals surface area (Å²) in [6.07, 6.45) is 1.97. The molecule has 9 nitrogen and oxygen atoms in total. The number of aromatic amines is 1. The van der Waals surface area contributed by atoms with E-state index in [1.54, 1.807) is 21.3 Å². The lowest BCUT2D eigenvalue weighted by Gasteiger charge is -2.33. The van der Waals surface area contributed by atoms with Gasteiger partial charge in [0.1, 0.15) is 5.82 Å². The Morgan fingerprint density at radius 1 is 0.949 bits per heavy atom. The second-order valence-corrected chi connectivity index (χ2v) is 9.48. The van der Waals surface area contributed by atoms with Crippen molar-refractivity contribution in [2.45, 2.75) is 12.8 Å². The Labute approximate surface area is 225 Å². The molecule has 2 atom stereocenters. The maximum atomic E-state index is 13.6. The SMILES string of the molecule is COC(=O)[C@H]1C(c2nc3ccc(C)cc3[nH]2)=Cc2cc3c(cc2[C@H]1c1cc(OC)c(OC)c(OC)c1)OCO3.